The van der Waals surface area contributed by atoms with E-state index in [0.29, 0.717) is 6.54 Å². The molecule has 0 heterocycles. The van der Waals surface area contributed by atoms with E-state index in [2.05, 4.69) is 107 Å². The Morgan fingerprint density at radius 3 is 1.36 bits per heavy atom. The molecule has 0 saturated heterocycles. The second kappa shape index (κ2) is 18.9. The van der Waals surface area contributed by atoms with Gasteiger partial charge < -0.3 is 40.0 Å². The lowest BCUT2D eigenvalue weighted by atomic mass is 9.62. The smallest absolute Gasteiger partial charge is 0.317 e. The monoisotopic (exact) mass is 597 g/mol. The number of carbonyl (C=O) groups is 2. The molecule has 1 rings (SSSR count). The highest BCUT2D eigenvalue weighted by Crippen LogP contribution is 2.45. The molecular formula is C32H68N8O2. The summed E-state index contributed by atoms with van der Waals surface area (Å²) in [6, 6.07) is 0.171. The average Bonchev–Trinajstić information content (AvgIpc) is 2.83. The van der Waals surface area contributed by atoms with Crippen molar-refractivity contribution in [1.29, 1.82) is 0 Å². The summed E-state index contributed by atoms with van der Waals surface area (Å²) in [6.45, 7) is 14.4. The van der Waals surface area contributed by atoms with Gasteiger partial charge in [-0.2, -0.15) is 0 Å². The highest BCUT2D eigenvalue weighted by molar-refractivity contribution is 5.75. The summed E-state index contributed by atoms with van der Waals surface area (Å²) in [4.78, 5) is 39.6. The Kier molecular flexibility index (Phi) is 17.3. The molecule has 248 valence electrons. The fourth-order valence-electron chi connectivity index (χ4n) is 6.48. The normalized spacial score (nSPS) is 20.4. The summed E-state index contributed by atoms with van der Waals surface area (Å²) >= 11 is 0. The minimum Gasteiger partial charge on any atom is -0.337 e. The van der Waals surface area contributed by atoms with Crippen molar-refractivity contribution in [1.82, 2.24) is 40.0 Å². The summed E-state index contributed by atoms with van der Waals surface area (Å²) in [5, 5.41) is 6.73. The van der Waals surface area contributed by atoms with E-state index in [-0.39, 0.29) is 28.9 Å². The van der Waals surface area contributed by atoms with Crippen molar-refractivity contribution >= 4 is 12.1 Å². The van der Waals surface area contributed by atoms with Crippen molar-refractivity contribution < 1.29 is 9.59 Å². The third kappa shape index (κ3) is 16.9. The van der Waals surface area contributed by atoms with Gasteiger partial charge in [0.25, 0.3) is 0 Å². The first kappa shape index (κ1) is 38.4. The van der Waals surface area contributed by atoms with E-state index < -0.39 is 0 Å². The van der Waals surface area contributed by atoms with Crippen LogP contribution in [-0.2, 0) is 0 Å². The van der Waals surface area contributed by atoms with Crippen LogP contribution in [0.25, 0.3) is 0 Å². The Balaban J connectivity index is 2.85. The van der Waals surface area contributed by atoms with Gasteiger partial charge in [-0.15, -0.1) is 0 Å². The molecule has 0 spiro atoms. The summed E-state index contributed by atoms with van der Waals surface area (Å²) in [7, 11) is 16.6. The van der Waals surface area contributed by atoms with Crippen molar-refractivity contribution in [2.75, 3.05) is 115 Å². The van der Waals surface area contributed by atoms with Gasteiger partial charge >= 0.3 is 12.1 Å². The quantitative estimate of drug-likeness (QED) is 0.238. The maximum Gasteiger partial charge on any atom is 0.317 e. The maximum absolute atomic E-state index is 13.5. The molecule has 0 aliphatic heterocycles. The Hall–Kier alpha value is -1.62. The lowest BCUT2D eigenvalue weighted by Gasteiger charge is -2.47. The van der Waals surface area contributed by atoms with Crippen LogP contribution in [0.4, 0.5) is 9.59 Å². The van der Waals surface area contributed by atoms with E-state index in [1.54, 1.807) is 0 Å². The van der Waals surface area contributed by atoms with Crippen molar-refractivity contribution in [2.45, 2.75) is 71.8 Å². The topological polar surface area (TPSA) is 77.6 Å². The fourth-order valence-corrected chi connectivity index (χ4v) is 6.48. The molecule has 2 unspecified atom stereocenters. The van der Waals surface area contributed by atoms with Crippen molar-refractivity contribution in [3.05, 3.63) is 0 Å². The van der Waals surface area contributed by atoms with Crippen molar-refractivity contribution in [3.63, 3.8) is 0 Å². The van der Waals surface area contributed by atoms with E-state index in [1.807, 2.05) is 9.80 Å². The van der Waals surface area contributed by atoms with Crippen LogP contribution in [0.15, 0.2) is 0 Å². The van der Waals surface area contributed by atoms with Crippen molar-refractivity contribution in [3.8, 4) is 0 Å². The zero-order valence-corrected chi connectivity index (χ0v) is 29.4. The molecule has 1 aliphatic carbocycles. The molecule has 1 aliphatic rings. The predicted octanol–water partition coefficient (Wildman–Crippen LogP) is 3.40. The number of rotatable bonds is 19. The zero-order valence-electron chi connectivity index (χ0n) is 29.4. The number of hydrogen-bond donors (Lipinski definition) is 2. The van der Waals surface area contributed by atoms with Crippen LogP contribution in [0, 0.1) is 10.8 Å². The van der Waals surface area contributed by atoms with Gasteiger partial charge in [-0.3, -0.25) is 0 Å². The van der Waals surface area contributed by atoms with Gasteiger partial charge in [0.05, 0.1) is 0 Å². The maximum atomic E-state index is 13.5. The molecule has 10 nitrogen and oxygen atoms in total. The first-order valence-electron chi connectivity index (χ1n) is 16.2. The highest BCUT2D eigenvalue weighted by Gasteiger charge is 2.42. The summed E-state index contributed by atoms with van der Waals surface area (Å²) in [5.41, 5.74) is -0.0115. The molecule has 10 heteroatoms. The average molecular weight is 597 g/mol. The van der Waals surface area contributed by atoms with Gasteiger partial charge in [-0.05, 0) is 138 Å². The summed E-state index contributed by atoms with van der Waals surface area (Å²) < 4.78 is 0. The zero-order chi connectivity index (χ0) is 31.9. The third-order valence-electron chi connectivity index (χ3n) is 8.15. The van der Waals surface area contributed by atoms with E-state index in [0.717, 1.165) is 97.3 Å². The molecule has 4 amide bonds. The fraction of sp³-hybridized carbons (Fsp3) is 0.938. The molecular weight excluding hydrogens is 528 g/mol. The molecule has 2 atom stereocenters. The van der Waals surface area contributed by atoms with Crippen LogP contribution in [0.3, 0.4) is 0 Å². The molecule has 0 aromatic heterocycles. The Morgan fingerprint density at radius 1 is 0.595 bits per heavy atom. The van der Waals surface area contributed by atoms with Gasteiger partial charge in [0.15, 0.2) is 0 Å². The third-order valence-corrected chi connectivity index (χ3v) is 8.15. The van der Waals surface area contributed by atoms with Crippen LogP contribution in [0.1, 0.15) is 65.7 Å². The standard InChI is InChI=1S/C32H68N8O2/c1-31(2)24-28(34-30(42)40(22-14-18-37(8)9)23-15-19-38(10)11)25-32(3,26-31)27-33-29(41)39(20-12-16-35(4)5)21-13-17-36(6)7/h28H,12-27H2,1-11H3,(H,33,41)(H,34,42). The largest absolute Gasteiger partial charge is 0.337 e. The SMILES string of the molecule is CN(C)CCCN(CCCN(C)C)C(=O)NCC1(C)CC(NC(=O)N(CCCN(C)C)CCCN(C)C)CC(C)(C)C1. The first-order chi connectivity index (χ1) is 19.5. The van der Waals surface area contributed by atoms with Gasteiger partial charge in [0.2, 0.25) is 0 Å². The van der Waals surface area contributed by atoms with Crippen LogP contribution in [0.5, 0.6) is 0 Å². The molecule has 0 radical (unpaired) electrons. The predicted molar refractivity (Wildman–Crippen MR) is 177 cm³/mol. The number of nitrogens with one attached hydrogen (secondary N) is 2. The number of hydrogen-bond acceptors (Lipinski definition) is 6. The minimum absolute atomic E-state index is 0.0330. The Bertz CT molecular complexity index is 746. The molecule has 0 bridgehead atoms. The molecule has 2 N–H and O–H groups in total. The lowest BCUT2D eigenvalue weighted by molar-refractivity contribution is 0.0705. The van der Waals surface area contributed by atoms with Crippen LogP contribution < -0.4 is 10.6 Å². The number of urea groups is 2. The van der Waals surface area contributed by atoms with E-state index in [4.69, 9.17) is 0 Å². The first-order valence-corrected chi connectivity index (χ1v) is 16.2. The van der Waals surface area contributed by atoms with Crippen molar-refractivity contribution in [2.24, 2.45) is 10.8 Å². The second-order valence-electron chi connectivity index (χ2n) is 15.0. The highest BCUT2D eigenvalue weighted by atomic mass is 16.2. The van der Waals surface area contributed by atoms with E-state index in [1.165, 1.54) is 0 Å². The van der Waals surface area contributed by atoms with Gasteiger partial charge in [0, 0.05) is 38.8 Å². The molecule has 42 heavy (non-hydrogen) atoms. The Labute approximate surface area is 259 Å². The van der Waals surface area contributed by atoms with Gasteiger partial charge in [-0.25, -0.2) is 9.59 Å². The van der Waals surface area contributed by atoms with E-state index in [9.17, 15) is 9.59 Å². The summed E-state index contributed by atoms with van der Waals surface area (Å²) in [6.07, 6.45) is 6.67. The minimum atomic E-state index is -0.0883. The number of amides is 4. The van der Waals surface area contributed by atoms with Crippen LogP contribution in [0.2, 0.25) is 0 Å². The van der Waals surface area contributed by atoms with Gasteiger partial charge in [-0.1, -0.05) is 20.8 Å². The Morgan fingerprint density at radius 2 is 0.976 bits per heavy atom. The second-order valence-corrected chi connectivity index (χ2v) is 15.0. The molecule has 0 aromatic carbocycles. The molecule has 0 aromatic rings. The van der Waals surface area contributed by atoms with Gasteiger partial charge in [0.1, 0.15) is 0 Å². The lowest BCUT2D eigenvalue weighted by Crippen LogP contribution is -2.54. The van der Waals surface area contributed by atoms with Crippen LogP contribution in [-0.4, -0.2) is 163 Å². The summed E-state index contributed by atoms with van der Waals surface area (Å²) in [5.74, 6) is 0. The van der Waals surface area contributed by atoms with Crippen LogP contribution >= 0.6 is 0 Å². The molecule has 1 fully saturated rings. The number of carbonyl (C=O) groups excluding carboxylic acids is 2. The number of nitrogens with zero attached hydrogens (tertiary/aromatic N) is 6. The molecule has 1 saturated carbocycles. The van der Waals surface area contributed by atoms with E-state index >= 15 is 0 Å².